The number of hydrogen-bond donors (Lipinski definition) is 0. The molecule has 0 aliphatic rings. The van der Waals surface area contributed by atoms with Crippen LogP contribution in [0.3, 0.4) is 0 Å². The van der Waals surface area contributed by atoms with Crippen LogP contribution < -0.4 is 0 Å². The highest BCUT2D eigenvalue weighted by atomic mass is 32.1. The lowest BCUT2D eigenvalue weighted by molar-refractivity contribution is 0.112. The molecule has 0 amide bonds. The van der Waals surface area contributed by atoms with Crippen molar-refractivity contribution in [1.82, 2.24) is 9.97 Å². The predicted molar refractivity (Wildman–Crippen MR) is 47.5 cm³/mol. The molecular formula is C8H6N2OS. The fourth-order valence-corrected chi connectivity index (χ4v) is 1.90. The zero-order valence-corrected chi connectivity index (χ0v) is 7.26. The molecule has 0 aliphatic heterocycles. The molecule has 3 nitrogen and oxygen atoms in total. The summed E-state index contributed by atoms with van der Waals surface area (Å²) in [5.41, 5.74) is 1.15. The maximum Gasteiger partial charge on any atom is 0.170 e. The summed E-state index contributed by atoms with van der Waals surface area (Å²) in [6.07, 6.45) is 2.37. The highest BCUT2D eigenvalue weighted by molar-refractivity contribution is 7.18. The summed E-state index contributed by atoms with van der Waals surface area (Å²) in [6.45, 7) is 1.92. The monoisotopic (exact) mass is 178 g/mol. The summed E-state index contributed by atoms with van der Waals surface area (Å²) in [5.74, 6) is 0. The van der Waals surface area contributed by atoms with Crippen molar-refractivity contribution < 1.29 is 4.79 Å². The molecule has 2 aromatic rings. The van der Waals surface area contributed by atoms with E-state index < -0.39 is 0 Å². The van der Waals surface area contributed by atoms with E-state index in [-0.39, 0.29) is 0 Å². The number of rotatable bonds is 1. The molecule has 2 aromatic heterocycles. The van der Waals surface area contributed by atoms with Crippen LogP contribution in [0.4, 0.5) is 0 Å². The standard InChI is InChI=1S/C8H6N2OS/c1-5-10-8-6(4-11)9-3-2-7(8)12-5/h2-4H,1H3. The van der Waals surface area contributed by atoms with Gasteiger partial charge in [-0.05, 0) is 13.0 Å². The molecule has 0 saturated carbocycles. The van der Waals surface area contributed by atoms with Crippen LogP contribution in [0.2, 0.25) is 0 Å². The number of nitrogens with zero attached hydrogens (tertiary/aromatic N) is 2. The van der Waals surface area contributed by atoms with E-state index in [4.69, 9.17) is 0 Å². The zero-order valence-electron chi connectivity index (χ0n) is 6.44. The maximum atomic E-state index is 10.5. The van der Waals surface area contributed by atoms with Gasteiger partial charge in [-0.15, -0.1) is 11.3 Å². The van der Waals surface area contributed by atoms with E-state index >= 15 is 0 Å². The molecule has 0 aromatic carbocycles. The summed E-state index contributed by atoms with van der Waals surface area (Å²) in [6, 6.07) is 1.87. The van der Waals surface area contributed by atoms with E-state index in [9.17, 15) is 4.79 Å². The van der Waals surface area contributed by atoms with Crippen LogP contribution in [0.1, 0.15) is 15.5 Å². The van der Waals surface area contributed by atoms with Crippen LogP contribution in [0, 0.1) is 6.92 Å². The van der Waals surface area contributed by atoms with Crippen molar-refractivity contribution >= 4 is 27.8 Å². The Hall–Kier alpha value is -1.29. The van der Waals surface area contributed by atoms with Crippen molar-refractivity contribution in [3.63, 3.8) is 0 Å². The van der Waals surface area contributed by atoms with Gasteiger partial charge in [-0.3, -0.25) is 9.78 Å². The van der Waals surface area contributed by atoms with Gasteiger partial charge in [-0.25, -0.2) is 4.98 Å². The van der Waals surface area contributed by atoms with E-state index in [0.29, 0.717) is 5.69 Å². The third-order valence-corrected chi connectivity index (χ3v) is 2.49. The molecule has 60 valence electrons. The Morgan fingerprint density at radius 2 is 2.42 bits per heavy atom. The SMILES string of the molecule is Cc1nc2c(C=O)nccc2s1. The Bertz CT molecular complexity index is 436. The number of aromatic nitrogens is 2. The number of fused-ring (bicyclic) bond motifs is 1. The minimum atomic E-state index is 0.428. The van der Waals surface area contributed by atoms with E-state index in [0.717, 1.165) is 21.5 Å². The average Bonchev–Trinajstić information content (AvgIpc) is 2.44. The molecule has 0 fully saturated rings. The van der Waals surface area contributed by atoms with Crippen molar-refractivity contribution in [3.05, 3.63) is 23.0 Å². The number of aldehydes is 1. The molecule has 2 heterocycles. The summed E-state index contributed by atoms with van der Waals surface area (Å²) < 4.78 is 1.02. The Kier molecular flexibility index (Phi) is 1.62. The summed E-state index contributed by atoms with van der Waals surface area (Å²) >= 11 is 1.57. The van der Waals surface area contributed by atoms with Crippen LogP contribution in [0.25, 0.3) is 10.2 Å². The molecule has 0 aliphatic carbocycles. The van der Waals surface area contributed by atoms with Gasteiger partial charge in [-0.2, -0.15) is 0 Å². The zero-order chi connectivity index (χ0) is 8.55. The molecule has 0 bridgehead atoms. The van der Waals surface area contributed by atoms with Gasteiger partial charge in [0.15, 0.2) is 6.29 Å². The summed E-state index contributed by atoms with van der Waals surface area (Å²) in [5, 5.41) is 0.959. The number of carbonyl (C=O) groups is 1. The Morgan fingerprint density at radius 3 is 3.17 bits per heavy atom. The second-order valence-electron chi connectivity index (χ2n) is 2.39. The quantitative estimate of drug-likeness (QED) is 0.625. The largest absolute Gasteiger partial charge is 0.296 e. The van der Waals surface area contributed by atoms with E-state index in [1.807, 2.05) is 13.0 Å². The molecule has 0 N–H and O–H groups in total. The Balaban J connectivity index is 2.86. The lowest BCUT2D eigenvalue weighted by Crippen LogP contribution is -1.86. The van der Waals surface area contributed by atoms with Crippen molar-refractivity contribution in [2.24, 2.45) is 0 Å². The highest BCUT2D eigenvalue weighted by Gasteiger charge is 2.04. The van der Waals surface area contributed by atoms with Crippen molar-refractivity contribution in [3.8, 4) is 0 Å². The first-order valence-electron chi connectivity index (χ1n) is 3.48. The third-order valence-electron chi connectivity index (χ3n) is 1.55. The topological polar surface area (TPSA) is 42.9 Å². The number of hydrogen-bond acceptors (Lipinski definition) is 4. The van der Waals surface area contributed by atoms with Gasteiger partial charge in [0.05, 0.1) is 9.71 Å². The van der Waals surface area contributed by atoms with Gasteiger partial charge in [0.25, 0.3) is 0 Å². The third kappa shape index (κ3) is 1.00. The minimum Gasteiger partial charge on any atom is -0.296 e. The number of thiazole rings is 1. The summed E-state index contributed by atoms with van der Waals surface area (Å²) in [4.78, 5) is 18.7. The van der Waals surface area contributed by atoms with Crippen LogP contribution in [-0.2, 0) is 0 Å². The van der Waals surface area contributed by atoms with Gasteiger partial charge in [0.2, 0.25) is 0 Å². The molecule has 0 saturated heterocycles. The van der Waals surface area contributed by atoms with Crippen molar-refractivity contribution in [2.75, 3.05) is 0 Å². The van der Waals surface area contributed by atoms with E-state index in [1.165, 1.54) is 0 Å². The highest BCUT2D eigenvalue weighted by Crippen LogP contribution is 2.21. The van der Waals surface area contributed by atoms with E-state index in [2.05, 4.69) is 9.97 Å². The normalized spacial score (nSPS) is 10.4. The molecule has 0 unspecified atom stereocenters. The van der Waals surface area contributed by atoms with Crippen molar-refractivity contribution in [2.45, 2.75) is 6.92 Å². The first-order valence-corrected chi connectivity index (χ1v) is 4.30. The molecular weight excluding hydrogens is 172 g/mol. The van der Waals surface area contributed by atoms with Gasteiger partial charge in [0, 0.05) is 6.20 Å². The van der Waals surface area contributed by atoms with Crippen LogP contribution >= 0.6 is 11.3 Å². The van der Waals surface area contributed by atoms with Gasteiger partial charge in [-0.1, -0.05) is 0 Å². The van der Waals surface area contributed by atoms with Crippen LogP contribution in [0.5, 0.6) is 0 Å². The molecule has 0 atom stereocenters. The second kappa shape index (κ2) is 2.64. The molecule has 2 rings (SSSR count). The fraction of sp³-hybridized carbons (Fsp3) is 0.125. The molecule has 0 spiro atoms. The van der Waals surface area contributed by atoms with E-state index in [1.54, 1.807) is 17.5 Å². The van der Waals surface area contributed by atoms with Crippen LogP contribution in [0.15, 0.2) is 12.3 Å². The minimum absolute atomic E-state index is 0.428. The average molecular weight is 178 g/mol. The van der Waals surface area contributed by atoms with Gasteiger partial charge in [0.1, 0.15) is 11.2 Å². The van der Waals surface area contributed by atoms with Gasteiger partial charge < -0.3 is 0 Å². The lowest BCUT2D eigenvalue weighted by Gasteiger charge is -1.88. The molecule has 12 heavy (non-hydrogen) atoms. The van der Waals surface area contributed by atoms with Crippen LogP contribution in [-0.4, -0.2) is 16.3 Å². The Morgan fingerprint density at radius 1 is 1.58 bits per heavy atom. The number of pyridine rings is 1. The molecule has 0 radical (unpaired) electrons. The molecule has 4 heteroatoms. The first kappa shape index (κ1) is 7.36. The number of aryl methyl sites for hydroxylation is 1. The number of carbonyl (C=O) groups excluding carboxylic acids is 1. The van der Waals surface area contributed by atoms with Crippen molar-refractivity contribution in [1.29, 1.82) is 0 Å². The summed E-state index contributed by atoms with van der Waals surface area (Å²) in [7, 11) is 0. The second-order valence-corrected chi connectivity index (χ2v) is 3.63. The fourth-order valence-electron chi connectivity index (χ4n) is 1.07. The maximum absolute atomic E-state index is 10.5. The predicted octanol–water partition coefficient (Wildman–Crippen LogP) is 1.81. The first-order chi connectivity index (χ1) is 5.81. The smallest absolute Gasteiger partial charge is 0.170 e. The Labute approximate surface area is 73.1 Å². The lowest BCUT2D eigenvalue weighted by atomic mass is 10.3. The van der Waals surface area contributed by atoms with Gasteiger partial charge >= 0.3 is 0 Å².